The average Bonchev–Trinajstić information content (AvgIpc) is 0.811. The molecule has 0 rings (SSSR count). The molecule has 0 radical (unpaired) electrons. The Morgan fingerprint density at radius 3 is 1.50 bits per heavy atom. The molecule has 0 bridgehead atoms. The number of rotatable bonds is 0. The van der Waals surface area contributed by atoms with Crippen molar-refractivity contribution in [3.05, 3.63) is 0 Å². The SMILES string of the molecule is N[As](N)[AsH2]. The zero-order valence-corrected chi connectivity index (χ0v) is 6.48. The second-order valence-corrected chi connectivity index (χ2v) is 8.82. The van der Waals surface area contributed by atoms with E-state index in [1.165, 1.54) is 14.8 Å². The monoisotopic (exact) mass is 184 g/mol. The van der Waals surface area contributed by atoms with E-state index in [1.54, 1.807) is 0 Å². The van der Waals surface area contributed by atoms with Gasteiger partial charge in [-0.3, -0.25) is 0 Å². The molecule has 0 saturated heterocycles. The van der Waals surface area contributed by atoms with E-state index in [0.717, 1.165) is 0 Å². The van der Waals surface area contributed by atoms with Crippen LogP contribution in [0.3, 0.4) is 0 Å². The maximum absolute atomic E-state index is 5.06. The molecule has 1 unspecified atom stereocenters. The molecule has 0 spiro atoms. The topological polar surface area (TPSA) is 52.0 Å². The van der Waals surface area contributed by atoms with Crippen LogP contribution < -0.4 is 9.30 Å². The van der Waals surface area contributed by atoms with Crippen molar-refractivity contribution in [1.29, 1.82) is 0 Å². The molecular formula is H6As2N2. The molecule has 4 heteroatoms. The van der Waals surface area contributed by atoms with Gasteiger partial charge < -0.3 is 0 Å². The van der Waals surface area contributed by atoms with Gasteiger partial charge in [0.15, 0.2) is 0 Å². The molecule has 4 N–H and O–H groups in total. The Bertz CT molecular complexity index is 8.75. The van der Waals surface area contributed by atoms with E-state index in [1.807, 2.05) is 0 Å². The number of nitrogens with two attached hydrogens (primary N) is 2. The predicted octanol–water partition coefficient (Wildman–Crippen LogP) is -2.48. The molecule has 4 heavy (non-hydrogen) atoms. The summed E-state index contributed by atoms with van der Waals surface area (Å²) in [4.78, 5) is 0. The Balaban J connectivity index is 2.32. The molecule has 0 aliphatic carbocycles. The van der Waals surface area contributed by atoms with Crippen LogP contribution in [-0.2, 0) is 0 Å². The molecule has 0 saturated carbocycles. The van der Waals surface area contributed by atoms with Crippen LogP contribution in [0.1, 0.15) is 0 Å². The van der Waals surface area contributed by atoms with Gasteiger partial charge in [0, 0.05) is 0 Å². The third-order valence-corrected chi connectivity index (χ3v) is 0. The standard InChI is InChI=1S/As2H6N2/c1-2(3)4/h1,3-4H2. The predicted molar refractivity (Wildman–Crippen MR) is 22.7 cm³/mol. The van der Waals surface area contributed by atoms with E-state index in [-0.39, 0.29) is 0 Å². The summed E-state index contributed by atoms with van der Waals surface area (Å²) in [6.07, 6.45) is 0. The molecule has 0 heterocycles. The third kappa shape index (κ3) is 11.7. The normalized spacial score (nSPS) is 9.00. The molecule has 0 aromatic rings. The van der Waals surface area contributed by atoms with Crippen molar-refractivity contribution in [2.75, 3.05) is 0 Å². The van der Waals surface area contributed by atoms with Gasteiger partial charge >= 0.3 is 37.1 Å². The summed E-state index contributed by atoms with van der Waals surface area (Å²) in [7, 11) is 0. The van der Waals surface area contributed by atoms with Crippen LogP contribution in [0.15, 0.2) is 0 Å². The van der Waals surface area contributed by atoms with E-state index in [9.17, 15) is 0 Å². The van der Waals surface area contributed by atoms with Gasteiger partial charge in [0.25, 0.3) is 0 Å². The van der Waals surface area contributed by atoms with Crippen LogP contribution >= 0.6 is 0 Å². The van der Waals surface area contributed by atoms with E-state index in [0.29, 0.717) is 0 Å². The van der Waals surface area contributed by atoms with Gasteiger partial charge in [-0.15, -0.1) is 0 Å². The molecule has 1 atom stereocenters. The van der Waals surface area contributed by atoms with E-state index >= 15 is 0 Å². The second-order valence-electron chi connectivity index (χ2n) is 0.447. The van der Waals surface area contributed by atoms with Crippen molar-refractivity contribution < 1.29 is 0 Å². The average molecular weight is 184 g/mol. The van der Waals surface area contributed by atoms with Gasteiger partial charge in [-0.2, -0.15) is 0 Å². The summed E-state index contributed by atoms with van der Waals surface area (Å²) in [6.45, 7) is 0. The summed E-state index contributed by atoms with van der Waals surface area (Å²) in [5, 5.41) is 0. The molecule has 0 fully saturated rings. The Kier molecular flexibility index (Phi) is 2.88. The molecule has 0 aromatic heterocycles. The van der Waals surface area contributed by atoms with Crippen molar-refractivity contribution >= 4 is 27.8 Å². The zero-order chi connectivity index (χ0) is 3.58. The molecule has 0 aliphatic rings. The maximum atomic E-state index is 5.06. The molecule has 2 nitrogen and oxygen atoms in total. The summed E-state index contributed by atoms with van der Waals surface area (Å²) in [5.41, 5.74) is 0. The Morgan fingerprint density at radius 1 is 1.50 bits per heavy atom. The Labute approximate surface area is 37.4 Å². The molecule has 26 valence electrons. The van der Waals surface area contributed by atoms with Crippen LogP contribution in [0, 0.1) is 0 Å². The van der Waals surface area contributed by atoms with Crippen LogP contribution in [-0.4, -0.2) is 27.8 Å². The molecule has 0 aromatic carbocycles. The second kappa shape index (κ2) is 2.28. The Hall–Kier alpha value is 1.04. The van der Waals surface area contributed by atoms with E-state index in [4.69, 9.17) is 9.30 Å². The molecular weight excluding hydrogens is 178 g/mol. The first-order valence-electron chi connectivity index (χ1n) is 0.775. The van der Waals surface area contributed by atoms with Gasteiger partial charge in [-0.05, 0) is 0 Å². The zero-order valence-electron chi connectivity index (χ0n) is 2.18. The number of hydrogen-bond donors (Lipinski definition) is 2. The summed E-state index contributed by atoms with van der Waals surface area (Å²) in [6, 6.07) is 0. The van der Waals surface area contributed by atoms with Crippen molar-refractivity contribution in [1.82, 2.24) is 0 Å². The first kappa shape index (κ1) is 5.04. The quantitative estimate of drug-likeness (QED) is 0.409. The minimum atomic E-state index is -1.12. The summed E-state index contributed by atoms with van der Waals surface area (Å²) in [5.74, 6) is 0. The first-order valence-corrected chi connectivity index (χ1v) is 9.65. The van der Waals surface area contributed by atoms with Gasteiger partial charge in [0.1, 0.15) is 0 Å². The van der Waals surface area contributed by atoms with Gasteiger partial charge in [0.05, 0.1) is 0 Å². The van der Waals surface area contributed by atoms with Crippen LogP contribution in [0.4, 0.5) is 0 Å². The summed E-state index contributed by atoms with van der Waals surface area (Å²) < 4.78 is 10.1. The van der Waals surface area contributed by atoms with Gasteiger partial charge in [0.2, 0.25) is 0 Å². The van der Waals surface area contributed by atoms with Crippen molar-refractivity contribution in [2.45, 2.75) is 0 Å². The van der Waals surface area contributed by atoms with Crippen LogP contribution in [0.2, 0.25) is 0 Å². The van der Waals surface area contributed by atoms with Gasteiger partial charge in [-0.25, -0.2) is 0 Å². The fourth-order valence-electron chi connectivity index (χ4n) is 0. The first-order chi connectivity index (χ1) is 1.73. The van der Waals surface area contributed by atoms with Crippen molar-refractivity contribution in [3.63, 3.8) is 0 Å². The van der Waals surface area contributed by atoms with Crippen LogP contribution in [0.25, 0.3) is 0 Å². The fourth-order valence-corrected chi connectivity index (χ4v) is 0. The fraction of sp³-hybridized carbons (Fsp3) is 0. The van der Waals surface area contributed by atoms with E-state index in [2.05, 4.69) is 0 Å². The number of hydrogen-bond acceptors (Lipinski definition) is 2. The van der Waals surface area contributed by atoms with E-state index < -0.39 is 13.0 Å². The minimum absolute atomic E-state index is 1.12. The van der Waals surface area contributed by atoms with Crippen LogP contribution in [0.5, 0.6) is 0 Å². The van der Waals surface area contributed by atoms with Gasteiger partial charge in [-0.1, -0.05) is 0 Å². The third-order valence-electron chi connectivity index (χ3n) is 0. The summed E-state index contributed by atoms with van der Waals surface area (Å²) >= 11 is 0.375. The van der Waals surface area contributed by atoms with Crippen molar-refractivity contribution in [2.24, 2.45) is 9.30 Å². The van der Waals surface area contributed by atoms with Crippen molar-refractivity contribution in [3.8, 4) is 0 Å². The molecule has 0 amide bonds. The molecule has 0 aliphatic heterocycles. The Morgan fingerprint density at radius 2 is 1.50 bits per heavy atom.